The van der Waals surface area contributed by atoms with Crippen LogP contribution in [0.3, 0.4) is 0 Å². The van der Waals surface area contributed by atoms with Gasteiger partial charge in [0.1, 0.15) is 23.0 Å². The first-order valence-electron chi connectivity index (χ1n) is 10.9. The summed E-state index contributed by atoms with van der Waals surface area (Å²) in [4.78, 5) is 15.7. The number of aromatic nitrogens is 1. The van der Waals surface area contributed by atoms with Crippen molar-refractivity contribution in [3.05, 3.63) is 86.0 Å². The van der Waals surface area contributed by atoms with E-state index in [9.17, 15) is 18.9 Å². The maximum Gasteiger partial charge on any atom is 0.282 e. The van der Waals surface area contributed by atoms with E-state index >= 15 is 0 Å². The number of nitro benzene ring substituents is 1. The number of thiazole rings is 1. The molecule has 0 aliphatic carbocycles. The lowest BCUT2D eigenvalue weighted by Gasteiger charge is -2.11. The first-order chi connectivity index (χ1) is 18.4. The molecule has 5 rings (SSSR count). The molecule has 2 heterocycles. The van der Waals surface area contributed by atoms with E-state index in [0.29, 0.717) is 28.5 Å². The highest BCUT2D eigenvalue weighted by Crippen LogP contribution is 2.38. The minimum atomic E-state index is -0.857. The lowest BCUT2D eigenvalue weighted by Crippen LogP contribution is -2.12. The molecule has 0 N–H and O–H groups in total. The molecular weight excluding hydrogens is 522 g/mol. The van der Waals surface area contributed by atoms with Gasteiger partial charge in [0.15, 0.2) is 17.3 Å². The number of hydrogen-bond donors (Lipinski definition) is 0. The summed E-state index contributed by atoms with van der Waals surface area (Å²) in [7, 11) is 3.02. The van der Waals surface area contributed by atoms with Crippen molar-refractivity contribution in [2.24, 2.45) is 10.1 Å². The van der Waals surface area contributed by atoms with Crippen LogP contribution in [0.4, 0.5) is 20.2 Å². The normalized spacial score (nSPS) is 12.8. The molecule has 4 aromatic rings. The summed E-state index contributed by atoms with van der Waals surface area (Å²) in [5.41, 5.74) is 0.878. The molecule has 0 saturated heterocycles. The quantitative estimate of drug-likeness (QED) is 0.180. The van der Waals surface area contributed by atoms with E-state index in [1.165, 1.54) is 43.3 Å². The number of hydrogen-bond acceptors (Lipinski definition) is 9. The molecule has 0 saturated carbocycles. The third-order valence-corrected chi connectivity index (χ3v) is 6.34. The van der Waals surface area contributed by atoms with Gasteiger partial charge in [0.05, 0.1) is 42.7 Å². The Morgan fingerprint density at radius 2 is 1.87 bits per heavy atom. The maximum atomic E-state index is 14.4. The predicted octanol–water partition coefficient (Wildman–Crippen LogP) is 5.26. The highest BCUT2D eigenvalue weighted by atomic mass is 32.1. The largest absolute Gasteiger partial charge is 0.497 e. The van der Waals surface area contributed by atoms with E-state index in [-0.39, 0.29) is 34.3 Å². The van der Waals surface area contributed by atoms with Crippen LogP contribution >= 0.6 is 11.3 Å². The van der Waals surface area contributed by atoms with Gasteiger partial charge in [-0.15, -0.1) is 11.3 Å². The summed E-state index contributed by atoms with van der Waals surface area (Å²) >= 11 is 1.13. The zero-order valence-corrected chi connectivity index (χ0v) is 20.7. The Morgan fingerprint density at radius 1 is 1.08 bits per heavy atom. The standard InChI is InChI=1S/C25H18F2N4O6S/c1-34-16-4-5-17(22(9-16)35-2)21-12-38-25(29-19-6-3-15(26)8-18(19)27)30(21)28-11-14-7-23-24(37-13-36-23)10-20(14)31(32)33/h3-12H,13H2,1-2H3. The highest BCUT2D eigenvalue weighted by Gasteiger charge is 2.23. The van der Waals surface area contributed by atoms with Crippen molar-refractivity contribution in [1.29, 1.82) is 0 Å². The van der Waals surface area contributed by atoms with Crippen molar-refractivity contribution >= 4 is 28.9 Å². The molecule has 0 amide bonds. The average Bonchev–Trinajstić information content (AvgIpc) is 3.54. The first-order valence-corrected chi connectivity index (χ1v) is 11.8. The molecule has 0 bridgehead atoms. The van der Waals surface area contributed by atoms with E-state index in [1.54, 1.807) is 23.6 Å². The Morgan fingerprint density at radius 3 is 2.58 bits per heavy atom. The molecule has 38 heavy (non-hydrogen) atoms. The number of rotatable bonds is 7. The Hall–Kier alpha value is -4.78. The number of nitro groups is 1. The van der Waals surface area contributed by atoms with Crippen molar-refractivity contribution in [3.8, 4) is 34.3 Å². The molecule has 0 spiro atoms. The minimum Gasteiger partial charge on any atom is -0.497 e. The van der Waals surface area contributed by atoms with Crippen molar-refractivity contribution in [3.63, 3.8) is 0 Å². The van der Waals surface area contributed by atoms with E-state index in [2.05, 4.69) is 10.1 Å². The molecule has 1 aliphatic heterocycles. The van der Waals surface area contributed by atoms with Gasteiger partial charge in [0, 0.05) is 23.1 Å². The average molecular weight is 541 g/mol. The molecule has 1 aromatic heterocycles. The summed E-state index contributed by atoms with van der Waals surface area (Å²) in [6.07, 6.45) is 1.27. The van der Waals surface area contributed by atoms with Crippen LogP contribution in [0, 0.1) is 21.7 Å². The molecule has 194 valence electrons. The van der Waals surface area contributed by atoms with Crippen LogP contribution in [-0.4, -0.2) is 36.8 Å². The van der Waals surface area contributed by atoms with Crippen LogP contribution in [0.25, 0.3) is 11.3 Å². The van der Waals surface area contributed by atoms with Gasteiger partial charge in [0.25, 0.3) is 5.69 Å². The minimum absolute atomic E-state index is 0.0555. The fourth-order valence-electron chi connectivity index (χ4n) is 3.69. The molecule has 13 heteroatoms. The smallest absolute Gasteiger partial charge is 0.282 e. The van der Waals surface area contributed by atoms with Crippen LogP contribution in [0.1, 0.15) is 5.56 Å². The van der Waals surface area contributed by atoms with Gasteiger partial charge in [0.2, 0.25) is 11.6 Å². The summed E-state index contributed by atoms with van der Waals surface area (Å²) in [5, 5.41) is 17.9. The van der Waals surface area contributed by atoms with Crippen LogP contribution in [0.5, 0.6) is 23.0 Å². The van der Waals surface area contributed by atoms with E-state index in [4.69, 9.17) is 18.9 Å². The fraction of sp³-hybridized carbons (Fsp3) is 0.120. The molecule has 0 fully saturated rings. The predicted molar refractivity (Wildman–Crippen MR) is 135 cm³/mol. The van der Waals surface area contributed by atoms with Gasteiger partial charge < -0.3 is 18.9 Å². The van der Waals surface area contributed by atoms with Gasteiger partial charge in [-0.05, 0) is 30.3 Å². The molecule has 1 aliphatic rings. The number of fused-ring (bicyclic) bond motifs is 1. The van der Waals surface area contributed by atoms with Gasteiger partial charge in [-0.25, -0.2) is 18.4 Å². The lowest BCUT2D eigenvalue weighted by molar-refractivity contribution is -0.385. The van der Waals surface area contributed by atoms with Crippen molar-refractivity contribution < 1.29 is 32.7 Å². The zero-order valence-electron chi connectivity index (χ0n) is 19.9. The maximum absolute atomic E-state index is 14.4. The second kappa shape index (κ2) is 10.3. The summed E-state index contributed by atoms with van der Waals surface area (Å²) in [6, 6.07) is 10.9. The van der Waals surface area contributed by atoms with Crippen LogP contribution in [0.2, 0.25) is 0 Å². The van der Waals surface area contributed by atoms with Crippen molar-refractivity contribution in [1.82, 2.24) is 4.68 Å². The Bertz CT molecular complexity index is 1650. The second-order valence-electron chi connectivity index (χ2n) is 7.76. The van der Waals surface area contributed by atoms with Crippen LogP contribution < -0.4 is 23.7 Å². The number of benzene rings is 3. The third kappa shape index (κ3) is 4.78. The lowest BCUT2D eigenvalue weighted by atomic mass is 10.1. The Balaban J connectivity index is 1.70. The summed E-state index contributed by atoms with van der Waals surface area (Å²) < 4.78 is 50.6. The van der Waals surface area contributed by atoms with Crippen LogP contribution in [-0.2, 0) is 0 Å². The van der Waals surface area contributed by atoms with Gasteiger partial charge in [-0.1, -0.05) is 0 Å². The molecule has 0 unspecified atom stereocenters. The fourth-order valence-corrected chi connectivity index (χ4v) is 4.53. The van der Waals surface area contributed by atoms with E-state index in [0.717, 1.165) is 23.5 Å². The second-order valence-corrected chi connectivity index (χ2v) is 8.59. The summed E-state index contributed by atoms with van der Waals surface area (Å²) in [5.74, 6) is 0.0110. The number of methoxy groups -OCH3 is 2. The van der Waals surface area contributed by atoms with Crippen molar-refractivity contribution in [2.45, 2.75) is 0 Å². The highest BCUT2D eigenvalue weighted by molar-refractivity contribution is 7.07. The molecule has 10 nitrogen and oxygen atoms in total. The number of nitrogens with zero attached hydrogens (tertiary/aromatic N) is 4. The van der Waals surface area contributed by atoms with Gasteiger partial charge in [-0.2, -0.15) is 5.10 Å². The van der Waals surface area contributed by atoms with E-state index in [1.807, 2.05) is 0 Å². The van der Waals surface area contributed by atoms with E-state index < -0.39 is 16.6 Å². The third-order valence-electron chi connectivity index (χ3n) is 5.53. The number of ether oxygens (including phenoxy) is 4. The summed E-state index contributed by atoms with van der Waals surface area (Å²) in [6.45, 7) is -0.0555. The Labute approximate surface area is 217 Å². The Kier molecular flexibility index (Phi) is 6.75. The number of halogens is 2. The molecule has 0 atom stereocenters. The van der Waals surface area contributed by atoms with Crippen molar-refractivity contribution in [2.75, 3.05) is 21.0 Å². The van der Waals surface area contributed by atoms with Gasteiger partial charge in [-0.3, -0.25) is 10.1 Å². The van der Waals surface area contributed by atoms with Crippen LogP contribution in [0.15, 0.2) is 64.0 Å². The topological polar surface area (TPSA) is 110 Å². The van der Waals surface area contributed by atoms with Gasteiger partial charge >= 0.3 is 0 Å². The molecule has 0 radical (unpaired) electrons. The monoisotopic (exact) mass is 540 g/mol. The molecule has 3 aromatic carbocycles. The zero-order chi connectivity index (χ0) is 26.8. The first kappa shape index (κ1) is 24.9. The SMILES string of the molecule is COc1ccc(-c2csc(=Nc3ccc(F)cc3F)n2N=Cc2cc3c(cc2[N+](=O)[O-])OCO3)c(OC)c1. The molecular formula is C25H18F2N4O6S.